The maximum absolute atomic E-state index is 14.7. The highest BCUT2D eigenvalue weighted by Gasteiger charge is 2.25. The molecule has 4 aromatic heterocycles. The minimum Gasteiger partial charge on any atom is -0.455 e. The third-order valence-corrected chi connectivity index (χ3v) is 8.87. The molecule has 4 heterocycles. The smallest absolute Gasteiger partial charge is 0.424 e. The van der Waals surface area contributed by atoms with Crippen LogP contribution in [0.4, 0.5) is 14.5 Å². The summed E-state index contributed by atoms with van der Waals surface area (Å²) in [5.41, 5.74) is 2.34. The van der Waals surface area contributed by atoms with Gasteiger partial charge in [-0.25, -0.2) is 31.4 Å². The Hall–Kier alpha value is -5.56. The van der Waals surface area contributed by atoms with Gasteiger partial charge in [-0.1, -0.05) is 6.07 Å². The predicted molar refractivity (Wildman–Crippen MR) is 166 cm³/mol. The van der Waals surface area contributed by atoms with Crippen LogP contribution in [0.25, 0.3) is 61.1 Å². The standard InChI is InChI=1S/C32H22F2N4O6S/c1-3-45(41,42)37-23-15-27-20(28(31(39)35-2)30(43-27)16-7-9-17(33)10-8-16)13-19(23)22-11-12-26-29(36-22)25-14-18-21(34)5-4-6-24(18)38(25)32(40)44-26/h4-15,37H,3H2,1-2H3,(H,35,39). The first kappa shape index (κ1) is 28.2. The zero-order valence-corrected chi connectivity index (χ0v) is 24.5. The highest BCUT2D eigenvalue weighted by molar-refractivity contribution is 7.92. The van der Waals surface area contributed by atoms with Gasteiger partial charge in [0.25, 0.3) is 5.91 Å². The summed E-state index contributed by atoms with van der Waals surface area (Å²) in [7, 11) is -2.35. The number of rotatable bonds is 6. The first-order valence-electron chi connectivity index (χ1n) is 13.7. The number of carbonyl (C=O) groups is 1. The number of halogens is 2. The highest BCUT2D eigenvalue weighted by atomic mass is 32.2. The van der Waals surface area contributed by atoms with E-state index < -0.39 is 33.3 Å². The summed E-state index contributed by atoms with van der Waals surface area (Å²) in [6.45, 7) is 1.48. The van der Waals surface area contributed by atoms with E-state index in [-0.39, 0.29) is 61.6 Å². The molecule has 10 nitrogen and oxygen atoms in total. The van der Waals surface area contributed by atoms with Gasteiger partial charge in [0.15, 0.2) is 5.58 Å². The van der Waals surface area contributed by atoms with Gasteiger partial charge in [0.2, 0.25) is 10.0 Å². The number of hydrogen-bond acceptors (Lipinski definition) is 7. The number of furan rings is 1. The van der Waals surface area contributed by atoms with E-state index in [9.17, 15) is 26.8 Å². The summed E-state index contributed by atoms with van der Waals surface area (Å²) < 4.78 is 69.3. The SMILES string of the molecule is CCS(=O)(=O)Nc1cc2oc(-c3ccc(F)cc3)c(C(=O)NC)c2cc1-c1ccc2oc(=O)n3c4cccc(F)c4cc3c2n1. The van der Waals surface area contributed by atoms with Crippen LogP contribution in [0.15, 0.2) is 86.4 Å². The number of amides is 1. The van der Waals surface area contributed by atoms with Gasteiger partial charge in [-0.05, 0) is 67.6 Å². The molecule has 0 radical (unpaired) electrons. The Morgan fingerprint density at radius 1 is 0.933 bits per heavy atom. The number of nitrogens with zero attached hydrogens (tertiary/aromatic N) is 2. The van der Waals surface area contributed by atoms with Crippen molar-refractivity contribution in [2.24, 2.45) is 0 Å². The lowest BCUT2D eigenvalue weighted by Gasteiger charge is -2.13. The number of anilines is 1. The average Bonchev–Trinajstić information content (AvgIpc) is 3.61. The zero-order valence-electron chi connectivity index (χ0n) is 23.6. The molecule has 226 valence electrons. The second-order valence-corrected chi connectivity index (χ2v) is 12.3. The summed E-state index contributed by atoms with van der Waals surface area (Å²) in [5, 5.41) is 3.13. The van der Waals surface area contributed by atoms with E-state index in [1.165, 1.54) is 79.0 Å². The van der Waals surface area contributed by atoms with E-state index in [4.69, 9.17) is 13.8 Å². The number of aromatic nitrogens is 2. The van der Waals surface area contributed by atoms with Crippen molar-refractivity contribution in [1.29, 1.82) is 0 Å². The fourth-order valence-electron chi connectivity index (χ4n) is 5.40. The number of nitrogens with one attached hydrogen (secondary N) is 2. The van der Waals surface area contributed by atoms with Crippen LogP contribution in [0.2, 0.25) is 0 Å². The molecule has 45 heavy (non-hydrogen) atoms. The van der Waals surface area contributed by atoms with E-state index in [0.29, 0.717) is 16.5 Å². The molecule has 2 N–H and O–H groups in total. The van der Waals surface area contributed by atoms with Crippen LogP contribution in [0, 0.1) is 11.6 Å². The normalized spacial score (nSPS) is 12.0. The largest absolute Gasteiger partial charge is 0.455 e. The van der Waals surface area contributed by atoms with Crippen LogP contribution in [0.3, 0.4) is 0 Å². The molecule has 1 amide bonds. The Morgan fingerprint density at radius 3 is 2.44 bits per heavy atom. The van der Waals surface area contributed by atoms with Crippen molar-refractivity contribution in [2.75, 3.05) is 17.5 Å². The van der Waals surface area contributed by atoms with Crippen LogP contribution < -0.4 is 15.8 Å². The first-order valence-corrected chi connectivity index (χ1v) is 15.4. The topological polar surface area (TPSA) is 136 Å². The van der Waals surface area contributed by atoms with E-state index in [1.807, 2.05) is 0 Å². The van der Waals surface area contributed by atoms with Gasteiger partial charge in [-0.15, -0.1) is 0 Å². The number of benzene rings is 3. The molecule has 0 aliphatic carbocycles. The second-order valence-electron chi connectivity index (χ2n) is 10.2. The molecule has 0 saturated heterocycles. The third kappa shape index (κ3) is 4.59. The number of carbonyl (C=O) groups excluding carboxylic acids is 1. The summed E-state index contributed by atoms with van der Waals surface area (Å²) in [4.78, 5) is 30.8. The summed E-state index contributed by atoms with van der Waals surface area (Å²) >= 11 is 0. The lowest BCUT2D eigenvalue weighted by Crippen LogP contribution is -2.18. The molecule has 0 aliphatic rings. The van der Waals surface area contributed by atoms with Crippen molar-refractivity contribution in [2.45, 2.75) is 6.92 Å². The molecule has 0 aliphatic heterocycles. The fourth-order valence-corrected chi connectivity index (χ4v) is 6.05. The molecule has 7 rings (SSSR count). The average molecular weight is 629 g/mol. The van der Waals surface area contributed by atoms with Crippen molar-refractivity contribution in [3.8, 4) is 22.6 Å². The minimum absolute atomic E-state index is 0.110. The maximum atomic E-state index is 14.7. The molecule has 3 aromatic carbocycles. The number of sulfonamides is 1. The van der Waals surface area contributed by atoms with Gasteiger partial charge in [0.1, 0.15) is 28.5 Å². The lowest BCUT2D eigenvalue weighted by atomic mass is 10.0. The van der Waals surface area contributed by atoms with Crippen LogP contribution in [-0.4, -0.2) is 36.5 Å². The highest BCUT2D eigenvalue weighted by Crippen LogP contribution is 2.40. The minimum atomic E-state index is -3.80. The molecule has 0 atom stereocenters. The Balaban J connectivity index is 1.54. The van der Waals surface area contributed by atoms with Gasteiger partial charge in [0, 0.05) is 35.0 Å². The number of fused-ring (bicyclic) bond motifs is 6. The third-order valence-electron chi connectivity index (χ3n) is 7.58. The van der Waals surface area contributed by atoms with E-state index >= 15 is 0 Å². The molecular weight excluding hydrogens is 606 g/mol. The molecular formula is C32H22F2N4O6S. The first-order chi connectivity index (χ1) is 21.6. The quantitative estimate of drug-likeness (QED) is 0.228. The molecule has 13 heteroatoms. The Bertz CT molecular complexity index is 2520. The predicted octanol–water partition coefficient (Wildman–Crippen LogP) is 6.07. The van der Waals surface area contributed by atoms with Crippen molar-refractivity contribution >= 4 is 60.1 Å². The van der Waals surface area contributed by atoms with Crippen LogP contribution in [0.1, 0.15) is 17.3 Å². The van der Waals surface area contributed by atoms with E-state index in [2.05, 4.69) is 10.0 Å². The summed E-state index contributed by atoms with van der Waals surface area (Å²) in [6.07, 6.45) is 0. The Kier molecular flexibility index (Phi) is 6.44. The van der Waals surface area contributed by atoms with Gasteiger partial charge in [-0.2, -0.15) is 0 Å². The fraction of sp³-hybridized carbons (Fsp3) is 0.0938. The van der Waals surface area contributed by atoms with Crippen LogP contribution in [0.5, 0.6) is 0 Å². The molecule has 0 spiro atoms. The van der Waals surface area contributed by atoms with Crippen molar-refractivity contribution in [1.82, 2.24) is 14.7 Å². The molecule has 7 aromatic rings. The monoisotopic (exact) mass is 628 g/mol. The van der Waals surface area contributed by atoms with E-state index in [1.54, 1.807) is 12.1 Å². The van der Waals surface area contributed by atoms with Crippen LogP contribution in [-0.2, 0) is 10.0 Å². The van der Waals surface area contributed by atoms with Gasteiger partial charge in [0.05, 0.1) is 33.7 Å². The molecule has 0 unspecified atom stereocenters. The second kappa shape index (κ2) is 10.3. The zero-order chi connectivity index (χ0) is 31.6. The Labute approximate surface area is 253 Å². The molecule has 0 saturated carbocycles. The Morgan fingerprint density at radius 2 is 1.71 bits per heavy atom. The maximum Gasteiger partial charge on any atom is 0.424 e. The molecule has 0 fully saturated rings. The van der Waals surface area contributed by atoms with Gasteiger partial charge < -0.3 is 14.2 Å². The van der Waals surface area contributed by atoms with Gasteiger partial charge >= 0.3 is 5.76 Å². The van der Waals surface area contributed by atoms with Gasteiger partial charge in [-0.3, -0.25) is 9.52 Å². The lowest BCUT2D eigenvalue weighted by molar-refractivity contribution is 0.0964. The van der Waals surface area contributed by atoms with Crippen molar-refractivity contribution in [3.05, 3.63) is 101 Å². The van der Waals surface area contributed by atoms with E-state index in [0.717, 1.165) is 0 Å². The van der Waals surface area contributed by atoms with Crippen molar-refractivity contribution < 1.29 is 30.8 Å². The summed E-state index contributed by atoms with van der Waals surface area (Å²) in [6, 6.07) is 17.3. The van der Waals surface area contributed by atoms with Crippen LogP contribution >= 0.6 is 0 Å². The number of pyridine rings is 1. The number of hydrogen-bond donors (Lipinski definition) is 2. The molecule has 0 bridgehead atoms. The summed E-state index contributed by atoms with van der Waals surface area (Å²) in [5.74, 6) is -2.29. The van der Waals surface area contributed by atoms with Crippen molar-refractivity contribution in [3.63, 3.8) is 0 Å².